The third-order valence-electron chi connectivity index (χ3n) is 4.61. The van der Waals surface area contributed by atoms with Gasteiger partial charge in [0.2, 0.25) is 0 Å². The molecular formula is C19H20F3NO3S. The molecule has 146 valence electrons. The summed E-state index contributed by atoms with van der Waals surface area (Å²) >= 11 is 0. The summed E-state index contributed by atoms with van der Waals surface area (Å²) in [6.07, 6.45) is 1.78. The topological polar surface area (TPSA) is 55.4 Å². The summed E-state index contributed by atoms with van der Waals surface area (Å²) < 4.78 is 66.4. The van der Waals surface area contributed by atoms with Crippen molar-refractivity contribution in [2.24, 2.45) is 5.92 Å². The Bertz CT molecular complexity index is 846. The third kappa shape index (κ3) is 4.62. The van der Waals surface area contributed by atoms with Crippen molar-refractivity contribution in [3.63, 3.8) is 0 Å². The molecule has 0 radical (unpaired) electrons. The number of hydrogen-bond acceptors (Lipinski definition) is 4. The van der Waals surface area contributed by atoms with E-state index in [1.165, 1.54) is 12.1 Å². The van der Waals surface area contributed by atoms with E-state index in [2.05, 4.69) is 5.32 Å². The van der Waals surface area contributed by atoms with Crippen molar-refractivity contribution in [1.29, 1.82) is 0 Å². The fraction of sp³-hybridized carbons (Fsp3) is 0.368. The standard InChI is InChI=1S/C19H20F3NO3S/c20-19(21,22)27(24,25)17-8-6-16(7-9-17)23-18(12-14-10-11-26-13-14)15-4-2-1-3-5-15/h1-9,14,18,23H,10-13H2. The van der Waals surface area contributed by atoms with Gasteiger partial charge in [0.1, 0.15) is 0 Å². The highest BCUT2D eigenvalue weighted by Crippen LogP contribution is 2.33. The quantitative estimate of drug-likeness (QED) is 0.774. The summed E-state index contributed by atoms with van der Waals surface area (Å²) in [5.74, 6) is 0.396. The van der Waals surface area contributed by atoms with Crippen LogP contribution in [0.3, 0.4) is 0 Å². The zero-order valence-electron chi connectivity index (χ0n) is 14.4. The van der Waals surface area contributed by atoms with Crippen molar-refractivity contribution in [3.05, 3.63) is 60.2 Å². The molecule has 2 unspecified atom stereocenters. The van der Waals surface area contributed by atoms with Gasteiger partial charge in [0.15, 0.2) is 0 Å². The smallest absolute Gasteiger partial charge is 0.381 e. The van der Waals surface area contributed by atoms with Crippen LogP contribution < -0.4 is 5.32 Å². The number of sulfone groups is 1. The van der Waals surface area contributed by atoms with Gasteiger partial charge in [-0.15, -0.1) is 0 Å². The average Bonchev–Trinajstić information content (AvgIpc) is 3.14. The number of alkyl halides is 3. The molecule has 3 rings (SSSR count). The average molecular weight is 399 g/mol. The predicted octanol–water partition coefficient (Wildman–Crippen LogP) is 4.56. The predicted molar refractivity (Wildman–Crippen MR) is 96.0 cm³/mol. The Kier molecular flexibility index (Phi) is 5.76. The normalized spacial score (nSPS) is 19.0. The molecule has 27 heavy (non-hydrogen) atoms. The van der Waals surface area contributed by atoms with E-state index in [4.69, 9.17) is 4.74 Å². The summed E-state index contributed by atoms with van der Waals surface area (Å²) in [7, 11) is -5.34. The minimum atomic E-state index is -5.34. The Morgan fingerprint density at radius 2 is 1.74 bits per heavy atom. The Morgan fingerprint density at radius 1 is 1.07 bits per heavy atom. The van der Waals surface area contributed by atoms with E-state index in [1.807, 2.05) is 30.3 Å². The van der Waals surface area contributed by atoms with Crippen molar-refractivity contribution in [1.82, 2.24) is 0 Å². The minimum absolute atomic E-state index is 0.0528. The SMILES string of the molecule is O=S(=O)(c1ccc(NC(CC2CCOC2)c2ccccc2)cc1)C(F)(F)F. The van der Waals surface area contributed by atoms with E-state index >= 15 is 0 Å². The lowest BCUT2D eigenvalue weighted by atomic mass is 9.94. The molecule has 1 saturated heterocycles. The first kappa shape index (κ1) is 19.7. The molecule has 2 aromatic rings. The Morgan fingerprint density at radius 3 is 2.30 bits per heavy atom. The van der Waals surface area contributed by atoms with Crippen LogP contribution in [0.15, 0.2) is 59.5 Å². The first-order chi connectivity index (χ1) is 12.8. The number of benzene rings is 2. The molecule has 0 amide bonds. The molecule has 0 aliphatic carbocycles. The molecule has 4 nitrogen and oxygen atoms in total. The summed E-state index contributed by atoms with van der Waals surface area (Å²) in [6.45, 7) is 1.42. The maximum Gasteiger partial charge on any atom is 0.501 e. The highest BCUT2D eigenvalue weighted by atomic mass is 32.2. The maximum absolute atomic E-state index is 12.7. The van der Waals surface area contributed by atoms with Crippen LogP contribution in [0.25, 0.3) is 0 Å². The number of rotatable bonds is 6. The van der Waals surface area contributed by atoms with Gasteiger partial charge in [0, 0.05) is 18.9 Å². The number of ether oxygens (including phenoxy) is 1. The van der Waals surface area contributed by atoms with Gasteiger partial charge in [-0.3, -0.25) is 0 Å². The van der Waals surface area contributed by atoms with Crippen LogP contribution in [0, 0.1) is 5.92 Å². The fourth-order valence-electron chi connectivity index (χ4n) is 3.13. The lowest BCUT2D eigenvalue weighted by Gasteiger charge is -2.23. The minimum Gasteiger partial charge on any atom is -0.381 e. The number of anilines is 1. The van der Waals surface area contributed by atoms with Gasteiger partial charge in [0.05, 0.1) is 10.9 Å². The first-order valence-corrected chi connectivity index (χ1v) is 10.1. The fourth-order valence-corrected chi connectivity index (χ4v) is 3.89. The van der Waals surface area contributed by atoms with Crippen LogP contribution in [-0.2, 0) is 14.6 Å². The van der Waals surface area contributed by atoms with E-state index in [1.54, 1.807) is 0 Å². The molecule has 2 aromatic carbocycles. The molecule has 2 atom stereocenters. The van der Waals surface area contributed by atoms with E-state index in [-0.39, 0.29) is 6.04 Å². The van der Waals surface area contributed by atoms with Gasteiger partial charge in [-0.2, -0.15) is 13.2 Å². The van der Waals surface area contributed by atoms with E-state index < -0.39 is 20.2 Å². The van der Waals surface area contributed by atoms with Crippen molar-refractivity contribution in [3.8, 4) is 0 Å². The van der Waals surface area contributed by atoms with Gasteiger partial charge in [-0.25, -0.2) is 8.42 Å². The molecule has 0 aromatic heterocycles. The second-order valence-corrected chi connectivity index (χ2v) is 8.49. The molecular weight excluding hydrogens is 379 g/mol. The highest BCUT2D eigenvalue weighted by Gasteiger charge is 2.46. The van der Waals surface area contributed by atoms with Crippen LogP contribution in [0.2, 0.25) is 0 Å². The second kappa shape index (κ2) is 7.90. The van der Waals surface area contributed by atoms with Crippen molar-refractivity contribution < 1.29 is 26.3 Å². The van der Waals surface area contributed by atoms with Gasteiger partial charge < -0.3 is 10.1 Å². The van der Waals surface area contributed by atoms with E-state index in [0.717, 1.165) is 37.1 Å². The summed E-state index contributed by atoms with van der Waals surface area (Å²) in [4.78, 5) is -0.763. The summed E-state index contributed by atoms with van der Waals surface area (Å²) in [6, 6.07) is 14.4. The van der Waals surface area contributed by atoms with Gasteiger partial charge in [0.25, 0.3) is 9.84 Å². The zero-order valence-corrected chi connectivity index (χ0v) is 15.3. The Hall–Kier alpha value is -2.06. The van der Waals surface area contributed by atoms with Crippen molar-refractivity contribution in [2.45, 2.75) is 29.3 Å². The summed E-state index contributed by atoms with van der Waals surface area (Å²) in [5.41, 5.74) is -3.70. The second-order valence-electron chi connectivity index (χ2n) is 6.55. The molecule has 0 bridgehead atoms. The molecule has 1 aliphatic heterocycles. The Balaban J connectivity index is 1.79. The largest absolute Gasteiger partial charge is 0.501 e. The molecule has 0 spiro atoms. The molecule has 8 heteroatoms. The Labute approximate surface area is 156 Å². The number of hydrogen-bond donors (Lipinski definition) is 1. The van der Waals surface area contributed by atoms with Gasteiger partial charge in [-0.1, -0.05) is 30.3 Å². The van der Waals surface area contributed by atoms with Crippen LogP contribution in [0.1, 0.15) is 24.4 Å². The van der Waals surface area contributed by atoms with Gasteiger partial charge in [-0.05, 0) is 48.6 Å². The maximum atomic E-state index is 12.7. The van der Waals surface area contributed by atoms with Crippen LogP contribution in [0.5, 0.6) is 0 Å². The lowest BCUT2D eigenvalue weighted by Crippen LogP contribution is -2.23. The van der Waals surface area contributed by atoms with Crippen LogP contribution in [0.4, 0.5) is 18.9 Å². The van der Waals surface area contributed by atoms with Crippen molar-refractivity contribution >= 4 is 15.5 Å². The van der Waals surface area contributed by atoms with Crippen LogP contribution >= 0.6 is 0 Å². The number of halogens is 3. The molecule has 1 N–H and O–H groups in total. The molecule has 1 fully saturated rings. The van der Waals surface area contributed by atoms with E-state index in [9.17, 15) is 21.6 Å². The summed E-state index contributed by atoms with van der Waals surface area (Å²) in [5, 5.41) is 3.31. The van der Waals surface area contributed by atoms with Crippen LogP contribution in [-0.4, -0.2) is 27.1 Å². The lowest BCUT2D eigenvalue weighted by molar-refractivity contribution is -0.0436. The van der Waals surface area contributed by atoms with E-state index in [0.29, 0.717) is 18.2 Å². The van der Waals surface area contributed by atoms with Crippen molar-refractivity contribution in [2.75, 3.05) is 18.5 Å². The third-order valence-corrected chi connectivity index (χ3v) is 6.11. The highest BCUT2D eigenvalue weighted by molar-refractivity contribution is 7.92. The monoisotopic (exact) mass is 399 g/mol. The zero-order chi connectivity index (χ0) is 19.5. The van der Waals surface area contributed by atoms with Gasteiger partial charge >= 0.3 is 5.51 Å². The number of nitrogens with one attached hydrogen (secondary N) is 1. The molecule has 0 saturated carbocycles. The molecule has 1 heterocycles. The first-order valence-electron chi connectivity index (χ1n) is 8.58. The molecule has 1 aliphatic rings.